The Balaban J connectivity index is 0. The fraction of sp³-hybridized carbons (Fsp3) is 0.684. The van der Waals surface area contributed by atoms with Gasteiger partial charge < -0.3 is 36.8 Å². The SMILES string of the molecule is CCCCCC(O)C=CCO.NC(CCC(=O)NC(CS)C(=O)NCC(=O)O)C(=O)O. The Kier molecular flexibility index (Phi) is 19.8. The largest absolute Gasteiger partial charge is 0.480 e. The van der Waals surface area contributed by atoms with Crippen LogP contribution in [0.5, 0.6) is 0 Å². The fourth-order valence-electron chi connectivity index (χ4n) is 2.07. The summed E-state index contributed by atoms with van der Waals surface area (Å²) in [6.45, 7) is 1.59. The Morgan fingerprint density at radius 2 is 1.77 bits per heavy atom. The third kappa shape index (κ3) is 19.6. The van der Waals surface area contributed by atoms with Crippen molar-refractivity contribution in [2.24, 2.45) is 5.73 Å². The number of nitrogens with one attached hydrogen (secondary N) is 2. The third-order valence-electron chi connectivity index (χ3n) is 3.81. The van der Waals surface area contributed by atoms with Crippen LogP contribution in [0.4, 0.5) is 0 Å². The quantitative estimate of drug-likeness (QED) is 0.0872. The van der Waals surface area contributed by atoms with Crippen molar-refractivity contribution in [1.82, 2.24) is 10.6 Å². The standard InChI is InChI=1S/C10H17N3O6S.C9H18O2/c11-5(10(18)19)1-2-7(14)13-6(4-20)9(17)12-3-8(15)16;1-2-3-4-6-9(11)7-5-8-10/h5-6,20H,1-4,11H2,(H,12,17)(H,13,14)(H,15,16)(H,18,19);5,7,9-11H,2-4,6,8H2,1H3. The van der Waals surface area contributed by atoms with Crippen LogP contribution in [0.1, 0.15) is 45.4 Å². The summed E-state index contributed by atoms with van der Waals surface area (Å²) < 4.78 is 0. The molecule has 0 aliphatic heterocycles. The number of thiol groups is 1. The highest BCUT2D eigenvalue weighted by molar-refractivity contribution is 7.80. The first-order chi connectivity index (χ1) is 14.6. The van der Waals surface area contributed by atoms with Crippen molar-refractivity contribution in [3.05, 3.63) is 12.2 Å². The highest BCUT2D eigenvalue weighted by atomic mass is 32.1. The minimum atomic E-state index is -1.22. The number of carbonyl (C=O) groups is 4. The van der Waals surface area contributed by atoms with Gasteiger partial charge in [-0.1, -0.05) is 38.3 Å². The Morgan fingerprint density at radius 3 is 2.26 bits per heavy atom. The normalized spacial score (nSPS) is 13.5. The van der Waals surface area contributed by atoms with Crippen LogP contribution < -0.4 is 16.4 Å². The summed E-state index contributed by atoms with van der Waals surface area (Å²) >= 11 is 3.87. The molecule has 0 saturated heterocycles. The second kappa shape index (κ2) is 19.8. The summed E-state index contributed by atoms with van der Waals surface area (Å²) in [6, 6.07) is -2.15. The monoisotopic (exact) mass is 465 g/mol. The second-order valence-electron chi connectivity index (χ2n) is 6.57. The van der Waals surface area contributed by atoms with Crippen molar-refractivity contribution in [3.8, 4) is 0 Å². The first-order valence-electron chi connectivity index (χ1n) is 9.92. The number of rotatable bonds is 15. The fourth-order valence-corrected chi connectivity index (χ4v) is 2.33. The van der Waals surface area contributed by atoms with Gasteiger partial charge in [-0.25, -0.2) is 0 Å². The first-order valence-corrected chi connectivity index (χ1v) is 10.6. The van der Waals surface area contributed by atoms with Gasteiger partial charge in [-0.2, -0.15) is 12.6 Å². The molecule has 3 atom stereocenters. The maximum Gasteiger partial charge on any atom is 0.322 e. The van der Waals surface area contributed by atoms with E-state index in [1.807, 2.05) is 0 Å². The van der Waals surface area contributed by atoms with Crippen LogP contribution in [0.15, 0.2) is 12.2 Å². The van der Waals surface area contributed by atoms with Crippen molar-refractivity contribution in [3.63, 3.8) is 0 Å². The lowest BCUT2D eigenvalue weighted by Crippen LogP contribution is -2.49. The summed E-state index contributed by atoms with van der Waals surface area (Å²) in [4.78, 5) is 43.7. The average molecular weight is 466 g/mol. The molecule has 0 rings (SSSR count). The van der Waals surface area contributed by atoms with E-state index in [0.717, 1.165) is 12.8 Å². The van der Waals surface area contributed by atoms with E-state index in [2.05, 4.69) is 30.2 Å². The molecule has 0 fully saturated rings. The average Bonchev–Trinajstić information content (AvgIpc) is 2.73. The molecule has 11 nitrogen and oxygen atoms in total. The van der Waals surface area contributed by atoms with Gasteiger partial charge in [0.25, 0.3) is 0 Å². The van der Waals surface area contributed by atoms with Gasteiger partial charge in [0.15, 0.2) is 0 Å². The minimum absolute atomic E-state index is 0.0187. The molecule has 0 aliphatic carbocycles. The summed E-state index contributed by atoms with van der Waals surface area (Å²) in [5.74, 6) is -3.70. The van der Waals surface area contributed by atoms with Gasteiger partial charge in [-0.05, 0) is 12.8 Å². The third-order valence-corrected chi connectivity index (χ3v) is 4.18. The molecule has 31 heavy (non-hydrogen) atoms. The van der Waals surface area contributed by atoms with E-state index in [1.54, 1.807) is 12.2 Å². The maximum atomic E-state index is 11.5. The zero-order chi connectivity index (χ0) is 24.2. The van der Waals surface area contributed by atoms with Crippen molar-refractivity contribution < 1.29 is 39.6 Å². The molecule has 0 aromatic rings. The van der Waals surface area contributed by atoms with E-state index in [1.165, 1.54) is 12.8 Å². The van der Waals surface area contributed by atoms with Gasteiger partial charge in [0, 0.05) is 12.2 Å². The van der Waals surface area contributed by atoms with Gasteiger partial charge >= 0.3 is 11.9 Å². The molecule has 0 bridgehead atoms. The molecule has 0 saturated carbocycles. The van der Waals surface area contributed by atoms with E-state index in [0.29, 0.717) is 0 Å². The molecule has 0 aromatic carbocycles. The Labute approximate surface area is 187 Å². The molecule has 2 amide bonds. The van der Waals surface area contributed by atoms with Crippen molar-refractivity contribution in [1.29, 1.82) is 0 Å². The highest BCUT2D eigenvalue weighted by Gasteiger charge is 2.20. The molecule has 0 spiro atoms. The predicted molar refractivity (Wildman–Crippen MR) is 118 cm³/mol. The lowest BCUT2D eigenvalue weighted by Gasteiger charge is -2.16. The van der Waals surface area contributed by atoms with Crippen LogP contribution in [0.2, 0.25) is 0 Å². The number of carboxylic acid groups (broad SMARTS) is 2. The van der Waals surface area contributed by atoms with Gasteiger partial charge in [-0.15, -0.1) is 0 Å². The molecular formula is C19H35N3O8S. The lowest BCUT2D eigenvalue weighted by atomic mass is 10.1. The summed E-state index contributed by atoms with van der Waals surface area (Å²) in [7, 11) is 0. The van der Waals surface area contributed by atoms with Gasteiger partial charge in [0.1, 0.15) is 18.6 Å². The smallest absolute Gasteiger partial charge is 0.322 e. The summed E-state index contributed by atoms with van der Waals surface area (Å²) in [5, 5.41) is 39.0. The number of aliphatic hydroxyl groups excluding tert-OH is 2. The molecule has 0 radical (unpaired) electrons. The van der Waals surface area contributed by atoms with Crippen LogP contribution in [0.25, 0.3) is 0 Å². The molecule has 3 unspecified atom stereocenters. The number of carboxylic acids is 2. The number of carbonyl (C=O) groups excluding carboxylic acids is 2. The van der Waals surface area contributed by atoms with E-state index in [9.17, 15) is 24.3 Å². The molecule has 0 aromatic heterocycles. The molecule has 0 heterocycles. The molecule has 0 aliphatic rings. The van der Waals surface area contributed by atoms with Crippen LogP contribution >= 0.6 is 12.6 Å². The number of unbranched alkanes of at least 4 members (excludes halogenated alkanes) is 2. The summed E-state index contributed by atoms with van der Waals surface area (Å²) in [6.07, 6.45) is 6.85. The van der Waals surface area contributed by atoms with E-state index >= 15 is 0 Å². The molecular weight excluding hydrogens is 430 g/mol. The topological polar surface area (TPSA) is 199 Å². The molecule has 8 N–H and O–H groups in total. The number of aliphatic hydroxyl groups is 2. The van der Waals surface area contributed by atoms with Gasteiger partial charge in [0.05, 0.1) is 12.7 Å². The number of nitrogens with two attached hydrogens (primary N) is 1. The number of hydrogen-bond acceptors (Lipinski definition) is 8. The zero-order valence-corrected chi connectivity index (χ0v) is 18.6. The van der Waals surface area contributed by atoms with Crippen molar-refractivity contribution in [2.45, 2.75) is 63.6 Å². The van der Waals surface area contributed by atoms with Crippen molar-refractivity contribution in [2.75, 3.05) is 18.9 Å². The first kappa shape index (κ1) is 31.0. The zero-order valence-electron chi connectivity index (χ0n) is 17.7. The van der Waals surface area contributed by atoms with Crippen LogP contribution in [-0.4, -0.2) is 81.3 Å². The number of aliphatic carboxylic acids is 2. The van der Waals surface area contributed by atoms with E-state index < -0.39 is 42.4 Å². The van der Waals surface area contributed by atoms with E-state index in [4.69, 9.17) is 21.1 Å². The van der Waals surface area contributed by atoms with Gasteiger partial charge in [-0.3, -0.25) is 19.2 Å². The lowest BCUT2D eigenvalue weighted by molar-refractivity contribution is -0.139. The molecule has 180 valence electrons. The minimum Gasteiger partial charge on any atom is -0.480 e. The maximum absolute atomic E-state index is 11.5. The second-order valence-corrected chi connectivity index (χ2v) is 6.94. The number of amides is 2. The van der Waals surface area contributed by atoms with Crippen molar-refractivity contribution >= 4 is 36.4 Å². The predicted octanol–water partition coefficient (Wildman–Crippen LogP) is -0.730. The Bertz CT molecular complexity index is 574. The highest BCUT2D eigenvalue weighted by Crippen LogP contribution is 2.03. The number of hydrogen-bond donors (Lipinski definition) is 8. The van der Waals surface area contributed by atoms with Gasteiger partial charge in [0.2, 0.25) is 11.8 Å². The Hall–Kier alpha value is -2.15. The Morgan fingerprint density at radius 1 is 1.13 bits per heavy atom. The van der Waals surface area contributed by atoms with Crippen LogP contribution in [0, 0.1) is 0 Å². The van der Waals surface area contributed by atoms with E-state index in [-0.39, 0.29) is 31.3 Å². The molecule has 12 heteroatoms. The van der Waals surface area contributed by atoms with Crippen LogP contribution in [-0.2, 0) is 19.2 Å². The van der Waals surface area contributed by atoms with Crippen LogP contribution in [0.3, 0.4) is 0 Å². The summed E-state index contributed by atoms with van der Waals surface area (Å²) in [5.41, 5.74) is 5.23.